The maximum Gasteiger partial charge on any atom is 0.255 e. The van der Waals surface area contributed by atoms with Gasteiger partial charge in [-0.15, -0.1) is 0 Å². The van der Waals surface area contributed by atoms with Gasteiger partial charge in [0.15, 0.2) is 0 Å². The molecule has 0 aromatic heterocycles. The highest BCUT2D eigenvalue weighted by atomic mass is 127. The smallest absolute Gasteiger partial charge is 0.255 e. The number of hydrogen-bond donors (Lipinski definition) is 0. The van der Waals surface area contributed by atoms with Crippen LogP contribution >= 0.6 is 22.6 Å². The molecule has 2 amide bonds. The van der Waals surface area contributed by atoms with E-state index in [-0.39, 0.29) is 11.8 Å². The molecule has 0 spiro atoms. The molecule has 0 saturated carbocycles. The number of piperazine rings is 1. The van der Waals surface area contributed by atoms with Gasteiger partial charge in [-0.2, -0.15) is 0 Å². The van der Waals surface area contributed by atoms with Crippen molar-refractivity contribution in [1.29, 1.82) is 0 Å². The summed E-state index contributed by atoms with van der Waals surface area (Å²) in [6, 6.07) is 13.4. The van der Waals surface area contributed by atoms with Crippen molar-refractivity contribution < 1.29 is 9.59 Å². The molecule has 4 nitrogen and oxygen atoms in total. The zero-order chi connectivity index (χ0) is 18.0. The third kappa shape index (κ3) is 3.71. The van der Waals surface area contributed by atoms with Gasteiger partial charge in [-0.05, 0) is 65.8 Å². The minimum Gasteiger partial charge on any atom is -0.335 e. The van der Waals surface area contributed by atoms with Crippen LogP contribution in [0.2, 0.25) is 0 Å². The van der Waals surface area contributed by atoms with E-state index in [0.29, 0.717) is 26.2 Å². The van der Waals surface area contributed by atoms with Crippen LogP contribution in [0.15, 0.2) is 42.5 Å². The maximum atomic E-state index is 12.8. The number of hydrogen-bond acceptors (Lipinski definition) is 2. The summed E-state index contributed by atoms with van der Waals surface area (Å²) in [5.41, 5.74) is 3.65. The van der Waals surface area contributed by atoms with Crippen molar-refractivity contribution in [1.82, 2.24) is 9.80 Å². The van der Waals surface area contributed by atoms with E-state index in [1.54, 1.807) is 0 Å². The van der Waals surface area contributed by atoms with Crippen LogP contribution in [0.5, 0.6) is 0 Å². The quantitative estimate of drug-likeness (QED) is 0.660. The van der Waals surface area contributed by atoms with Crippen molar-refractivity contribution in [3.8, 4) is 0 Å². The van der Waals surface area contributed by atoms with E-state index >= 15 is 0 Å². The van der Waals surface area contributed by atoms with Crippen LogP contribution in [0.1, 0.15) is 31.8 Å². The molecule has 0 unspecified atom stereocenters. The first-order chi connectivity index (χ1) is 12.0. The van der Waals surface area contributed by atoms with E-state index in [1.807, 2.05) is 66.1 Å². The highest BCUT2D eigenvalue weighted by Crippen LogP contribution is 2.18. The Kier molecular flexibility index (Phi) is 5.42. The van der Waals surface area contributed by atoms with Crippen LogP contribution < -0.4 is 0 Å². The van der Waals surface area contributed by atoms with Gasteiger partial charge >= 0.3 is 0 Å². The Morgan fingerprint density at radius 2 is 1.32 bits per heavy atom. The second kappa shape index (κ2) is 7.56. The number of aryl methyl sites for hydroxylation is 1. The SMILES string of the molecule is Cc1cccc(C(=O)N2CCN(C(=O)c3ccccc3I)CC2)c1C. The number of carbonyl (C=O) groups excluding carboxylic acids is 2. The van der Waals surface area contributed by atoms with Gasteiger partial charge in [-0.3, -0.25) is 9.59 Å². The Morgan fingerprint density at radius 1 is 0.800 bits per heavy atom. The number of carbonyl (C=O) groups is 2. The predicted molar refractivity (Wildman–Crippen MR) is 107 cm³/mol. The average molecular weight is 448 g/mol. The highest BCUT2D eigenvalue weighted by Gasteiger charge is 2.26. The molecule has 1 aliphatic heterocycles. The fourth-order valence-corrected chi connectivity index (χ4v) is 3.69. The highest BCUT2D eigenvalue weighted by molar-refractivity contribution is 14.1. The van der Waals surface area contributed by atoms with Crippen LogP contribution in [0.3, 0.4) is 0 Å². The first-order valence-electron chi connectivity index (χ1n) is 8.38. The normalized spacial score (nSPS) is 14.5. The van der Waals surface area contributed by atoms with Crippen LogP contribution in [0.25, 0.3) is 0 Å². The van der Waals surface area contributed by atoms with E-state index in [4.69, 9.17) is 0 Å². The second-order valence-corrected chi connectivity index (χ2v) is 7.47. The first-order valence-corrected chi connectivity index (χ1v) is 9.46. The molecule has 0 atom stereocenters. The van der Waals surface area contributed by atoms with Crippen molar-refractivity contribution in [3.05, 3.63) is 68.3 Å². The maximum absolute atomic E-state index is 12.8. The molecular formula is C20H21IN2O2. The molecular weight excluding hydrogens is 427 g/mol. The van der Waals surface area contributed by atoms with Crippen LogP contribution in [0, 0.1) is 17.4 Å². The van der Waals surface area contributed by atoms with Crippen molar-refractivity contribution in [2.24, 2.45) is 0 Å². The Balaban J connectivity index is 1.68. The summed E-state index contributed by atoms with van der Waals surface area (Å²) in [4.78, 5) is 29.2. The summed E-state index contributed by atoms with van der Waals surface area (Å²) >= 11 is 2.19. The third-order valence-corrected chi connectivity index (χ3v) is 5.73. The van der Waals surface area contributed by atoms with Gasteiger partial charge in [0.25, 0.3) is 11.8 Å². The number of amides is 2. The average Bonchev–Trinajstić information content (AvgIpc) is 2.63. The van der Waals surface area contributed by atoms with Crippen LogP contribution in [-0.4, -0.2) is 47.8 Å². The van der Waals surface area contributed by atoms with Gasteiger partial charge in [0.05, 0.1) is 5.56 Å². The van der Waals surface area contributed by atoms with Crippen LogP contribution in [-0.2, 0) is 0 Å². The van der Waals surface area contributed by atoms with Crippen molar-refractivity contribution in [2.75, 3.05) is 26.2 Å². The summed E-state index contributed by atoms with van der Waals surface area (Å²) < 4.78 is 0.957. The van der Waals surface area contributed by atoms with Crippen molar-refractivity contribution in [3.63, 3.8) is 0 Å². The number of nitrogens with zero attached hydrogens (tertiary/aromatic N) is 2. The molecule has 1 heterocycles. The molecule has 25 heavy (non-hydrogen) atoms. The lowest BCUT2D eigenvalue weighted by Crippen LogP contribution is -2.50. The minimum absolute atomic E-state index is 0.0452. The van der Waals surface area contributed by atoms with Gasteiger partial charge < -0.3 is 9.80 Å². The van der Waals surface area contributed by atoms with Gasteiger partial charge in [0.2, 0.25) is 0 Å². The molecule has 0 bridgehead atoms. The summed E-state index contributed by atoms with van der Waals surface area (Å²) in [5, 5.41) is 0. The summed E-state index contributed by atoms with van der Waals surface area (Å²) in [6.45, 7) is 6.29. The summed E-state index contributed by atoms with van der Waals surface area (Å²) in [6.07, 6.45) is 0. The predicted octanol–water partition coefficient (Wildman–Crippen LogP) is 3.51. The van der Waals surface area contributed by atoms with E-state index < -0.39 is 0 Å². The van der Waals surface area contributed by atoms with E-state index in [0.717, 1.165) is 25.8 Å². The fourth-order valence-electron chi connectivity index (χ4n) is 3.07. The van der Waals surface area contributed by atoms with Gasteiger partial charge in [0, 0.05) is 35.3 Å². The van der Waals surface area contributed by atoms with E-state index in [2.05, 4.69) is 22.6 Å². The molecule has 5 heteroatoms. The van der Waals surface area contributed by atoms with Crippen LogP contribution in [0.4, 0.5) is 0 Å². The topological polar surface area (TPSA) is 40.6 Å². The fraction of sp³-hybridized carbons (Fsp3) is 0.300. The number of halogens is 1. The molecule has 1 aliphatic rings. The van der Waals surface area contributed by atoms with Gasteiger partial charge in [-0.25, -0.2) is 0 Å². The lowest BCUT2D eigenvalue weighted by molar-refractivity contribution is 0.0534. The summed E-state index contributed by atoms with van der Waals surface area (Å²) in [7, 11) is 0. The number of rotatable bonds is 2. The van der Waals surface area contributed by atoms with E-state index in [9.17, 15) is 9.59 Å². The molecule has 0 radical (unpaired) electrons. The second-order valence-electron chi connectivity index (χ2n) is 6.31. The lowest BCUT2D eigenvalue weighted by Gasteiger charge is -2.35. The van der Waals surface area contributed by atoms with Gasteiger partial charge in [-0.1, -0.05) is 24.3 Å². The Morgan fingerprint density at radius 3 is 1.92 bits per heavy atom. The molecule has 2 aromatic rings. The molecule has 2 aromatic carbocycles. The van der Waals surface area contributed by atoms with Crippen molar-refractivity contribution >= 4 is 34.4 Å². The molecule has 0 N–H and O–H groups in total. The zero-order valence-corrected chi connectivity index (χ0v) is 16.6. The molecule has 1 fully saturated rings. The Labute approximate surface area is 162 Å². The van der Waals surface area contributed by atoms with Gasteiger partial charge in [0.1, 0.15) is 0 Å². The molecule has 130 valence electrons. The van der Waals surface area contributed by atoms with Crippen molar-refractivity contribution in [2.45, 2.75) is 13.8 Å². The largest absolute Gasteiger partial charge is 0.335 e. The lowest BCUT2D eigenvalue weighted by atomic mass is 10.0. The Bertz CT molecular complexity index is 811. The Hall–Kier alpha value is -1.89. The van der Waals surface area contributed by atoms with E-state index in [1.165, 1.54) is 0 Å². The third-order valence-electron chi connectivity index (χ3n) is 4.79. The first kappa shape index (κ1) is 17.9. The standard InChI is InChI=1S/C20H21IN2O2/c1-14-6-5-8-16(15(14)2)19(24)22-10-12-23(13-11-22)20(25)17-7-3-4-9-18(17)21/h3-9H,10-13H2,1-2H3. The summed E-state index contributed by atoms with van der Waals surface area (Å²) in [5.74, 6) is 0.103. The molecule has 3 rings (SSSR count). The molecule has 1 saturated heterocycles. The zero-order valence-electron chi connectivity index (χ0n) is 14.5. The molecule has 0 aliphatic carbocycles. The monoisotopic (exact) mass is 448 g/mol. The minimum atomic E-state index is 0.0452. The number of benzene rings is 2.